The van der Waals surface area contributed by atoms with Gasteiger partial charge in [-0.15, -0.1) is 12.4 Å². The first-order chi connectivity index (χ1) is 9.04. The van der Waals surface area contributed by atoms with Gasteiger partial charge in [-0.25, -0.2) is 4.39 Å². The molecule has 0 radical (unpaired) electrons. The smallest absolute Gasteiger partial charge is 0.224 e. The van der Waals surface area contributed by atoms with Crippen molar-refractivity contribution in [1.82, 2.24) is 10.6 Å². The molecule has 0 bridgehead atoms. The van der Waals surface area contributed by atoms with Gasteiger partial charge in [-0.2, -0.15) is 0 Å². The number of benzene rings is 1. The summed E-state index contributed by atoms with van der Waals surface area (Å²) < 4.78 is 13.0. The Labute approximate surface area is 125 Å². The zero-order chi connectivity index (χ0) is 13.8. The number of hydrogen-bond acceptors (Lipinski definition) is 2. The molecule has 1 aliphatic heterocycles. The summed E-state index contributed by atoms with van der Waals surface area (Å²) in [5.41, 5.74) is 3.34. The minimum absolute atomic E-state index is 0. The number of carbonyl (C=O) groups is 1. The number of carbonyl (C=O) groups excluding carboxylic acids is 1. The minimum atomic E-state index is -0.777. The maximum Gasteiger partial charge on any atom is 0.224 e. The van der Waals surface area contributed by atoms with Gasteiger partial charge >= 0.3 is 0 Å². The van der Waals surface area contributed by atoms with E-state index in [1.807, 2.05) is 32.0 Å². The van der Waals surface area contributed by atoms with Crippen LogP contribution in [0.15, 0.2) is 18.2 Å². The SMILES string of the molecule is Cc1ccc(C)c(CC(=O)NC[C@@H]2C[C@H](F)CN2)c1.Cl. The fraction of sp³-hybridized carbons (Fsp3) is 0.533. The van der Waals surface area contributed by atoms with Gasteiger partial charge < -0.3 is 10.6 Å². The number of alkyl halides is 1. The normalized spacial score (nSPS) is 21.4. The lowest BCUT2D eigenvalue weighted by Crippen LogP contribution is -2.37. The van der Waals surface area contributed by atoms with Crippen LogP contribution in [0, 0.1) is 13.8 Å². The van der Waals surface area contributed by atoms with Crippen molar-refractivity contribution in [2.24, 2.45) is 0 Å². The number of aryl methyl sites for hydroxylation is 2. The summed E-state index contributed by atoms with van der Waals surface area (Å²) in [5.74, 6) is -0.00203. The van der Waals surface area contributed by atoms with Crippen molar-refractivity contribution in [3.05, 3.63) is 34.9 Å². The fourth-order valence-corrected chi connectivity index (χ4v) is 2.39. The molecule has 20 heavy (non-hydrogen) atoms. The molecule has 0 saturated carbocycles. The Morgan fingerprint density at radius 1 is 1.45 bits per heavy atom. The maximum absolute atomic E-state index is 13.0. The summed E-state index contributed by atoms with van der Waals surface area (Å²) in [6, 6.07) is 6.18. The van der Waals surface area contributed by atoms with E-state index in [4.69, 9.17) is 0 Å². The molecular weight excluding hydrogens is 279 g/mol. The highest BCUT2D eigenvalue weighted by molar-refractivity contribution is 5.85. The summed E-state index contributed by atoms with van der Waals surface area (Å²) >= 11 is 0. The zero-order valence-electron chi connectivity index (χ0n) is 11.9. The molecule has 2 rings (SSSR count). The summed E-state index contributed by atoms with van der Waals surface area (Å²) in [6.07, 6.45) is 0.101. The van der Waals surface area contributed by atoms with Crippen molar-refractivity contribution in [1.29, 1.82) is 0 Å². The summed E-state index contributed by atoms with van der Waals surface area (Å²) in [7, 11) is 0. The average molecular weight is 301 g/mol. The van der Waals surface area contributed by atoms with Gasteiger partial charge in [0, 0.05) is 19.1 Å². The van der Waals surface area contributed by atoms with Crippen LogP contribution in [-0.2, 0) is 11.2 Å². The van der Waals surface area contributed by atoms with Gasteiger partial charge in [-0.1, -0.05) is 23.8 Å². The van der Waals surface area contributed by atoms with Gasteiger partial charge in [-0.05, 0) is 31.4 Å². The van der Waals surface area contributed by atoms with E-state index in [-0.39, 0.29) is 24.4 Å². The van der Waals surface area contributed by atoms with Gasteiger partial charge in [-0.3, -0.25) is 4.79 Å². The summed E-state index contributed by atoms with van der Waals surface area (Å²) in [4.78, 5) is 11.9. The molecule has 1 aromatic rings. The Kier molecular flexibility index (Phi) is 6.43. The molecule has 5 heteroatoms. The third-order valence-corrected chi connectivity index (χ3v) is 3.57. The highest BCUT2D eigenvalue weighted by atomic mass is 35.5. The van der Waals surface area contributed by atoms with E-state index in [2.05, 4.69) is 10.6 Å². The summed E-state index contributed by atoms with van der Waals surface area (Å²) in [5, 5.41) is 5.93. The Hall–Kier alpha value is -1.13. The van der Waals surface area contributed by atoms with E-state index in [1.54, 1.807) is 0 Å². The predicted octanol–water partition coefficient (Wildman–Crippen LogP) is 2.08. The molecule has 2 atom stereocenters. The first-order valence-electron chi connectivity index (χ1n) is 6.75. The van der Waals surface area contributed by atoms with Crippen LogP contribution in [0.25, 0.3) is 0 Å². The molecule has 0 spiro atoms. The van der Waals surface area contributed by atoms with Crippen molar-refractivity contribution >= 4 is 18.3 Å². The zero-order valence-corrected chi connectivity index (χ0v) is 12.7. The molecular formula is C15H22ClFN2O. The van der Waals surface area contributed by atoms with Gasteiger partial charge in [0.1, 0.15) is 6.17 Å². The highest BCUT2D eigenvalue weighted by Gasteiger charge is 2.23. The van der Waals surface area contributed by atoms with E-state index in [0.717, 1.165) is 16.7 Å². The van der Waals surface area contributed by atoms with Crippen molar-refractivity contribution in [2.45, 2.75) is 38.9 Å². The van der Waals surface area contributed by atoms with Crippen LogP contribution in [0.2, 0.25) is 0 Å². The average Bonchev–Trinajstić information content (AvgIpc) is 2.77. The molecule has 0 aromatic heterocycles. The van der Waals surface area contributed by atoms with Crippen LogP contribution in [0.3, 0.4) is 0 Å². The second-order valence-electron chi connectivity index (χ2n) is 5.35. The molecule has 0 aliphatic carbocycles. The van der Waals surface area contributed by atoms with Crippen molar-refractivity contribution < 1.29 is 9.18 Å². The van der Waals surface area contributed by atoms with E-state index in [0.29, 0.717) is 25.9 Å². The highest BCUT2D eigenvalue weighted by Crippen LogP contribution is 2.12. The lowest BCUT2D eigenvalue weighted by Gasteiger charge is -2.12. The lowest BCUT2D eigenvalue weighted by molar-refractivity contribution is -0.120. The van der Waals surface area contributed by atoms with E-state index in [1.165, 1.54) is 0 Å². The summed E-state index contributed by atoms with van der Waals surface area (Å²) in [6.45, 7) is 4.93. The van der Waals surface area contributed by atoms with Crippen LogP contribution in [0.5, 0.6) is 0 Å². The Morgan fingerprint density at radius 2 is 2.20 bits per heavy atom. The lowest BCUT2D eigenvalue weighted by atomic mass is 10.0. The molecule has 112 valence electrons. The molecule has 1 fully saturated rings. The van der Waals surface area contributed by atoms with Crippen LogP contribution < -0.4 is 10.6 Å². The number of nitrogens with one attached hydrogen (secondary N) is 2. The quantitative estimate of drug-likeness (QED) is 0.894. The molecule has 3 nitrogen and oxygen atoms in total. The van der Waals surface area contributed by atoms with Gasteiger partial charge in [0.05, 0.1) is 6.42 Å². The van der Waals surface area contributed by atoms with Gasteiger partial charge in [0.15, 0.2) is 0 Å². The van der Waals surface area contributed by atoms with Crippen LogP contribution in [0.1, 0.15) is 23.1 Å². The number of amides is 1. The first-order valence-corrected chi connectivity index (χ1v) is 6.75. The van der Waals surface area contributed by atoms with Crippen LogP contribution in [-0.4, -0.2) is 31.2 Å². The van der Waals surface area contributed by atoms with E-state index < -0.39 is 6.17 Å². The Bertz CT molecular complexity index is 467. The molecule has 2 N–H and O–H groups in total. The Morgan fingerprint density at radius 3 is 2.85 bits per heavy atom. The molecule has 1 heterocycles. The minimum Gasteiger partial charge on any atom is -0.354 e. The van der Waals surface area contributed by atoms with E-state index in [9.17, 15) is 9.18 Å². The first kappa shape index (κ1) is 16.9. The predicted molar refractivity (Wildman–Crippen MR) is 81.2 cm³/mol. The molecule has 0 unspecified atom stereocenters. The second-order valence-corrected chi connectivity index (χ2v) is 5.35. The van der Waals surface area contributed by atoms with Crippen molar-refractivity contribution in [3.63, 3.8) is 0 Å². The maximum atomic E-state index is 13.0. The number of rotatable bonds is 4. The van der Waals surface area contributed by atoms with Gasteiger partial charge in [0.25, 0.3) is 0 Å². The third-order valence-electron chi connectivity index (χ3n) is 3.57. The number of halogens is 2. The standard InChI is InChI=1S/C15H21FN2O.ClH/c1-10-3-4-11(2)12(5-10)6-15(19)18-9-14-7-13(16)8-17-14;/h3-5,13-14,17H,6-9H2,1-2H3,(H,18,19);1H/t13-,14-;/m0./s1. The van der Waals surface area contributed by atoms with Crippen molar-refractivity contribution in [3.8, 4) is 0 Å². The third kappa shape index (κ3) is 4.76. The molecule has 1 saturated heterocycles. The van der Waals surface area contributed by atoms with Crippen molar-refractivity contribution in [2.75, 3.05) is 13.1 Å². The Balaban J connectivity index is 0.00000200. The van der Waals surface area contributed by atoms with Gasteiger partial charge in [0.2, 0.25) is 5.91 Å². The largest absolute Gasteiger partial charge is 0.354 e. The number of hydrogen-bond donors (Lipinski definition) is 2. The molecule has 1 aliphatic rings. The van der Waals surface area contributed by atoms with Crippen LogP contribution in [0.4, 0.5) is 4.39 Å². The topological polar surface area (TPSA) is 41.1 Å². The second kappa shape index (κ2) is 7.60. The fourth-order valence-electron chi connectivity index (χ4n) is 2.39. The van der Waals surface area contributed by atoms with Crippen LogP contribution >= 0.6 is 12.4 Å². The monoisotopic (exact) mass is 300 g/mol. The molecule has 1 amide bonds. The van der Waals surface area contributed by atoms with E-state index >= 15 is 0 Å². The molecule has 1 aromatic carbocycles.